The number of halogens is 1. The van der Waals surface area contributed by atoms with Gasteiger partial charge in [-0.1, -0.05) is 73.1 Å². The molecule has 38 heavy (non-hydrogen) atoms. The highest BCUT2D eigenvalue weighted by molar-refractivity contribution is 7.92. The van der Waals surface area contributed by atoms with Crippen molar-refractivity contribution < 1.29 is 18.0 Å². The molecular formula is C29H34ClN3O4S. The zero-order chi connectivity index (χ0) is 27.9. The molecule has 0 radical (unpaired) electrons. The third-order valence-electron chi connectivity index (χ3n) is 6.50. The van der Waals surface area contributed by atoms with Crippen LogP contribution in [-0.2, 0) is 26.2 Å². The number of para-hydroxylation sites is 1. The standard InChI is InChI=1S/C29H34ClN3O4S/c1-5-22(3)31-29(35)23(4)32(19-24-14-10-9-13-21(24)2)28(34)20-33(27-18-12-11-17-26(27)30)38(36,37)25-15-7-6-8-16-25/h6-18,22-23H,5,19-20H2,1-4H3,(H,31,35)/t22-,23+/m0/s1. The van der Waals surface area contributed by atoms with E-state index in [0.29, 0.717) is 0 Å². The van der Waals surface area contributed by atoms with E-state index < -0.39 is 28.5 Å². The van der Waals surface area contributed by atoms with Gasteiger partial charge in [0, 0.05) is 12.6 Å². The summed E-state index contributed by atoms with van der Waals surface area (Å²) in [7, 11) is -4.15. The average Bonchev–Trinajstić information content (AvgIpc) is 2.91. The number of hydrogen-bond donors (Lipinski definition) is 1. The number of nitrogens with one attached hydrogen (secondary N) is 1. The molecule has 0 fully saturated rings. The number of amides is 2. The fourth-order valence-corrected chi connectivity index (χ4v) is 5.65. The van der Waals surface area contributed by atoms with Crippen molar-refractivity contribution in [3.63, 3.8) is 0 Å². The molecule has 0 aliphatic carbocycles. The second kappa shape index (κ2) is 12.9. The third-order valence-corrected chi connectivity index (χ3v) is 8.60. The van der Waals surface area contributed by atoms with Crippen molar-refractivity contribution in [2.24, 2.45) is 0 Å². The minimum Gasteiger partial charge on any atom is -0.352 e. The second-order valence-electron chi connectivity index (χ2n) is 9.22. The number of aryl methyl sites for hydroxylation is 1. The van der Waals surface area contributed by atoms with Gasteiger partial charge in [-0.3, -0.25) is 13.9 Å². The summed E-state index contributed by atoms with van der Waals surface area (Å²) in [5.74, 6) is -0.837. The molecule has 0 saturated heterocycles. The lowest BCUT2D eigenvalue weighted by atomic mass is 10.1. The maximum absolute atomic E-state index is 13.9. The minimum absolute atomic E-state index is 0.0285. The van der Waals surface area contributed by atoms with E-state index in [1.807, 2.05) is 45.0 Å². The van der Waals surface area contributed by atoms with Crippen LogP contribution in [0.5, 0.6) is 0 Å². The lowest BCUT2D eigenvalue weighted by Gasteiger charge is -2.33. The van der Waals surface area contributed by atoms with Crippen molar-refractivity contribution in [3.8, 4) is 0 Å². The Kier molecular flexibility index (Phi) is 9.94. The molecule has 2 atom stereocenters. The fraction of sp³-hybridized carbons (Fsp3) is 0.310. The van der Waals surface area contributed by atoms with E-state index in [4.69, 9.17) is 11.6 Å². The predicted molar refractivity (Wildman–Crippen MR) is 152 cm³/mol. The molecule has 2 amide bonds. The van der Waals surface area contributed by atoms with E-state index in [0.717, 1.165) is 21.9 Å². The maximum Gasteiger partial charge on any atom is 0.264 e. The Labute approximate surface area is 230 Å². The van der Waals surface area contributed by atoms with Crippen molar-refractivity contribution in [2.75, 3.05) is 10.8 Å². The molecule has 0 unspecified atom stereocenters. The SMILES string of the molecule is CC[C@H](C)NC(=O)[C@@H](C)N(Cc1ccccc1C)C(=O)CN(c1ccccc1Cl)S(=O)(=O)c1ccccc1. The van der Waals surface area contributed by atoms with Gasteiger partial charge in [0.15, 0.2) is 0 Å². The van der Waals surface area contributed by atoms with Gasteiger partial charge in [-0.2, -0.15) is 0 Å². The summed E-state index contributed by atoms with van der Waals surface area (Å²) in [6.07, 6.45) is 0.736. The Hall–Kier alpha value is -3.36. The molecule has 3 rings (SSSR count). The van der Waals surface area contributed by atoms with Crippen molar-refractivity contribution in [3.05, 3.63) is 95.0 Å². The van der Waals surface area contributed by atoms with E-state index >= 15 is 0 Å². The molecule has 0 aliphatic rings. The smallest absolute Gasteiger partial charge is 0.264 e. The van der Waals surface area contributed by atoms with Crippen molar-refractivity contribution in [2.45, 2.75) is 57.6 Å². The first-order valence-electron chi connectivity index (χ1n) is 12.5. The normalized spacial score (nSPS) is 12.9. The van der Waals surface area contributed by atoms with Gasteiger partial charge in [-0.15, -0.1) is 0 Å². The molecule has 202 valence electrons. The number of benzene rings is 3. The molecule has 0 spiro atoms. The highest BCUT2D eigenvalue weighted by Gasteiger charge is 2.33. The summed E-state index contributed by atoms with van der Waals surface area (Å²) < 4.78 is 28.5. The van der Waals surface area contributed by atoms with Crippen LogP contribution in [0.1, 0.15) is 38.3 Å². The van der Waals surface area contributed by atoms with Crippen LogP contribution >= 0.6 is 11.6 Å². The average molecular weight is 556 g/mol. The molecule has 0 heterocycles. The molecule has 0 bridgehead atoms. The van der Waals surface area contributed by atoms with Crippen LogP contribution < -0.4 is 9.62 Å². The van der Waals surface area contributed by atoms with Crippen molar-refractivity contribution in [1.29, 1.82) is 0 Å². The van der Waals surface area contributed by atoms with E-state index in [1.54, 1.807) is 49.4 Å². The summed E-state index contributed by atoms with van der Waals surface area (Å²) in [4.78, 5) is 28.5. The van der Waals surface area contributed by atoms with Crippen LogP contribution in [0.15, 0.2) is 83.8 Å². The molecule has 7 nitrogen and oxygen atoms in total. The van der Waals surface area contributed by atoms with Gasteiger partial charge >= 0.3 is 0 Å². The van der Waals surface area contributed by atoms with Crippen LogP contribution in [0, 0.1) is 6.92 Å². The van der Waals surface area contributed by atoms with E-state index in [1.165, 1.54) is 17.0 Å². The zero-order valence-electron chi connectivity index (χ0n) is 22.1. The Balaban J connectivity index is 2.04. The summed E-state index contributed by atoms with van der Waals surface area (Å²) in [5.41, 5.74) is 2.00. The monoisotopic (exact) mass is 555 g/mol. The topological polar surface area (TPSA) is 86.8 Å². The van der Waals surface area contributed by atoms with E-state index in [9.17, 15) is 18.0 Å². The fourth-order valence-electron chi connectivity index (χ4n) is 3.91. The number of anilines is 1. The van der Waals surface area contributed by atoms with Crippen LogP contribution in [0.3, 0.4) is 0 Å². The highest BCUT2D eigenvalue weighted by atomic mass is 35.5. The highest BCUT2D eigenvalue weighted by Crippen LogP contribution is 2.30. The first-order chi connectivity index (χ1) is 18.1. The summed E-state index contributed by atoms with van der Waals surface area (Å²) >= 11 is 6.42. The van der Waals surface area contributed by atoms with Crippen molar-refractivity contribution >= 4 is 39.1 Å². The lowest BCUT2D eigenvalue weighted by molar-refractivity contribution is -0.139. The van der Waals surface area contributed by atoms with Gasteiger partial charge < -0.3 is 10.2 Å². The van der Waals surface area contributed by atoms with Crippen LogP contribution in [0.2, 0.25) is 5.02 Å². The number of carbonyl (C=O) groups excluding carboxylic acids is 2. The number of rotatable bonds is 11. The minimum atomic E-state index is -4.15. The zero-order valence-corrected chi connectivity index (χ0v) is 23.7. The van der Waals surface area contributed by atoms with Gasteiger partial charge in [0.25, 0.3) is 10.0 Å². The Morgan fingerprint density at radius 2 is 1.53 bits per heavy atom. The van der Waals surface area contributed by atoms with E-state index in [2.05, 4.69) is 5.32 Å². The largest absolute Gasteiger partial charge is 0.352 e. The number of hydrogen-bond acceptors (Lipinski definition) is 4. The number of nitrogens with zero attached hydrogens (tertiary/aromatic N) is 2. The molecule has 3 aromatic carbocycles. The van der Waals surface area contributed by atoms with Gasteiger partial charge in [-0.25, -0.2) is 8.42 Å². The summed E-state index contributed by atoms with van der Waals surface area (Å²) in [6.45, 7) is 7.04. The van der Waals surface area contributed by atoms with Gasteiger partial charge in [-0.05, 0) is 62.6 Å². The Morgan fingerprint density at radius 3 is 2.16 bits per heavy atom. The van der Waals surface area contributed by atoms with Gasteiger partial charge in [0.2, 0.25) is 11.8 Å². The molecular weight excluding hydrogens is 522 g/mol. The van der Waals surface area contributed by atoms with Crippen molar-refractivity contribution in [1.82, 2.24) is 10.2 Å². The van der Waals surface area contributed by atoms with Crippen LogP contribution in [0.4, 0.5) is 5.69 Å². The first-order valence-corrected chi connectivity index (χ1v) is 14.3. The first kappa shape index (κ1) is 29.2. The Bertz CT molecular complexity index is 1370. The van der Waals surface area contributed by atoms with Gasteiger partial charge in [0.05, 0.1) is 15.6 Å². The molecule has 3 aromatic rings. The summed E-state index contributed by atoms with van der Waals surface area (Å²) in [5, 5.41) is 3.12. The van der Waals surface area contributed by atoms with Crippen LogP contribution in [-0.4, -0.2) is 43.8 Å². The summed E-state index contributed by atoms with van der Waals surface area (Å²) in [6, 6.07) is 21.0. The number of carbonyl (C=O) groups is 2. The maximum atomic E-state index is 13.9. The van der Waals surface area contributed by atoms with Crippen LogP contribution in [0.25, 0.3) is 0 Å². The number of sulfonamides is 1. The molecule has 0 aromatic heterocycles. The molecule has 0 aliphatic heterocycles. The molecule has 0 saturated carbocycles. The third kappa shape index (κ3) is 6.94. The quantitative estimate of drug-likeness (QED) is 0.353. The Morgan fingerprint density at radius 1 is 0.921 bits per heavy atom. The second-order valence-corrected chi connectivity index (χ2v) is 11.5. The lowest BCUT2D eigenvalue weighted by Crippen LogP contribution is -2.52. The molecule has 1 N–H and O–H groups in total. The molecule has 9 heteroatoms. The van der Waals surface area contributed by atoms with Gasteiger partial charge in [0.1, 0.15) is 12.6 Å². The van der Waals surface area contributed by atoms with E-state index in [-0.39, 0.29) is 34.1 Å². The predicted octanol–water partition coefficient (Wildman–Crippen LogP) is 5.18.